The van der Waals surface area contributed by atoms with Gasteiger partial charge in [-0.05, 0) is 63.5 Å². The number of fused-ring (bicyclic) bond motifs is 3. The second-order valence-electron chi connectivity index (χ2n) is 8.76. The third-order valence-electron chi connectivity index (χ3n) is 6.45. The van der Waals surface area contributed by atoms with Crippen LogP contribution in [0.3, 0.4) is 0 Å². The van der Waals surface area contributed by atoms with Crippen molar-refractivity contribution in [3.63, 3.8) is 0 Å². The van der Waals surface area contributed by atoms with Gasteiger partial charge in [-0.3, -0.25) is 19.3 Å². The number of rotatable bonds is 9. The highest BCUT2D eigenvalue weighted by atomic mass is 16.2. The maximum Gasteiger partial charge on any atom is 0.253 e. The van der Waals surface area contributed by atoms with Gasteiger partial charge in [0.2, 0.25) is 11.8 Å². The maximum atomic E-state index is 13.4. The lowest BCUT2D eigenvalue weighted by Gasteiger charge is -2.45. The van der Waals surface area contributed by atoms with Gasteiger partial charge >= 0.3 is 0 Å². The molecule has 2 heterocycles. The number of carbonyl (C=O) groups is 3. The van der Waals surface area contributed by atoms with Gasteiger partial charge in [0.1, 0.15) is 12.6 Å². The lowest BCUT2D eigenvalue weighted by atomic mass is 9.95. The Morgan fingerprint density at radius 3 is 2.56 bits per heavy atom. The average molecular weight is 444 g/mol. The van der Waals surface area contributed by atoms with Crippen LogP contribution in [0, 0.1) is 0 Å². The first-order chi connectivity index (χ1) is 15.4. The fourth-order valence-electron chi connectivity index (χ4n) is 4.58. The topological polar surface area (TPSA) is 76.2 Å². The summed E-state index contributed by atoms with van der Waals surface area (Å²) in [5.41, 5.74) is 2.10. The fourth-order valence-corrected chi connectivity index (χ4v) is 4.58. The molecule has 3 amide bonds. The van der Waals surface area contributed by atoms with E-state index in [-0.39, 0.29) is 30.3 Å². The lowest BCUT2D eigenvalue weighted by Crippen LogP contribution is -2.57. The number of carbonyl (C=O) groups excluding carboxylic acids is 3. The van der Waals surface area contributed by atoms with Crippen molar-refractivity contribution in [3.8, 4) is 0 Å². The average Bonchev–Trinajstić information content (AvgIpc) is 2.81. The molecule has 1 N–H and O–H groups in total. The Hall–Kier alpha value is -2.61. The van der Waals surface area contributed by atoms with Crippen LogP contribution >= 0.6 is 0 Å². The minimum atomic E-state index is -0.234. The zero-order chi connectivity index (χ0) is 23.3. The van der Waals surface area contributed by atoms with Gasteiger partial charge < -0.3 is 20.0 Å². The first kappa shape index (κ1) is 24.0. The predicted octanol–water partition coefficient (Wildman–Crippen LogP) is 1.94. The Morgan fingerprint density at radius 1 is 1.12 bits per heavy atom. The molecule has 0 aromatic heterocycles. The van der Waals surface area contributed by atoms with Crippen LogP contribution in [0.2, 0.25) is 0 Å². The van der Waals surface area contributed by atoms with Crippen molar-refractivity contribution in [2.24, 2.45) is 0 Å². The number of amides is 3. The highest BCUT2D eigenvalue weighted by molar-refractivity contribution is 6.09. The SMILES string of the molecule is CCN(CC)CCCNC(=O)CN1C(=O)[C@@H]2CCCCN2c2ccc(C(=O)N(C)C)cc21. The summed E-state index contributed by atoms with van der Waals surface area (Å²) < 4.78 is 0. The van der Waals surface area contributed by atoms with E-state index in [9.17, 15) is 14.4 Å². The van der Waals surface area contributed by atoms with Crippen LogP contribution in [0.5, 0.6) is 0 Å². The zero-order valence-electron chi connectivity index (χ0n) is 19.9. The Balaban J connectivity index is 1.77. The second kappa shape index (κ2) is 10.8. The first-order valence-corrected chi connectivity index (χ1v) is 11.8. The molecule has 2 aliphatic rings. The summed E-state index contributed by atoms with van der Waals surface area (Å²) >= 11 is 0. The molecular formula is C24H37N5O3. The zero-order valence-corrected chi connectivity index (χ0v) is 19.9. The van der Waals surface area contributed by atoms with Gasteiger partial charge in [0, 0.05) is 32.7 Å². The summed E-state index contributed by atoms with van der Waals surface area (Å²) in [7, 11) is 3.41. The molecule has 1 saturated heterocycles. The van der Waals surface area contributed by atoms with Crippen molar-refractivity contribution in [2.45, 2.75) is 45.6 Å². The minimum Gasteiger partial charge on any atom is -0.358 e. The van der Waals surface area contributed by atoms with E-state index in [0.29, 0.717) is 17.8 Å². The largest absolute Gasteiger partial charge is 0.358 e. The van der Waals surface area contributed by atoms with Gasteiger partial charge in [-0.1, -0.05) is 13.8 Å². The van der Waals surface area contributed by atoms with Crippen LogP contribution in [-0.2, 0) is 9.59 Å². The highest BCUT2D eigenvalue weighted by Crippen LogP contribution is 2.40. The molecule has 2 aliphatic heterocycles. The molecule has 1 fully saturated rings. The number of anilines is 2. The molecule has 0 saturated carbocycles. The van der Waals surface area contributed by atoms with Gasteiger partial charge in [0.05, 0.1) is 11.4 Å². The van der Waals surface area contributed by atoms with Crippen molar-refractivity contribution in [1.29, 1.82) is 0 Å². The Morgan fingerprint density at radius 2 is 1.88 bits per heavy atom. The van der Waals surface area contributed by atoms with Gasteiger partial charge in [-0.25, -0.2) is 0 Å². The molecular weight excluding hydrogens is 406 g/mol. The molecule has 0 spiro atoms. The second-order valence-corrected chi connectivity index (χ2v) is 8.76. The van der Waals surface area contributed by atoms with E-state index in [1.165, 1.54) is 4.90 Å². The summed E-state index contributed by atoms with van der Waals surface area (Å²) in [5, 5.41) is 2.96. The molecule has 0 unspecified atom stereocenters. The third-order valence-corrected chi connectivity index (χ3v) is 6.45. The fraction of sp³-hybridized carbons (Fsp3) is 0.625. The monoisotopic (exact) mass is 443 g/mol. The molecule has 0 radical (unpaired) electrons. The van der Waals surface area contributed by atoms with Crippen molar-refractivity contribution in [1.82, 2.24) is 15.1 Å². The summed E-state index contributed by atoms with van der Waals surface area (Å²) in [5.74, 6) is -0.343. The van der Waals surface area contributed by atoms with E-state index in [1.54, 1.807) is 25.1 Å². The van der Waals surface area contributed by atoms with Crippen molar-refractivity contribution < 1.29 is 14.4 Å². The summed E-state index contributed by atoms with van der Waals surface area (Å²) in [4.78, 5) is 46.2. The Labute approximate surface area is 191 Å². The number of nitrogens with zero attached hydrogens (tertiary/aromatic N) is 4. The smallest absolute Gasteiger partial charge is 0.253 e. The molecule has 1 aromatic carbocycles. The normalized spacial score (nSPS) is 17.8. The highest BCUT2D eigenvalue weighted by Gasteiger charge is 2.40. The van der Waals surface area contributed by atoms with Gasteiger partial charge in [-0.15, -0.1) is 0 Å². The number of piperidine rings is 1. The van der Waals surface area contributed by atoms with Gasteiger partial charge in [0.25, 0.3) is 5.91 Å². The quantitative estimate of drug-likeness (QED) is 0.591. The van der Waals surface area contributed by atoms with Crippen LogP contribution in [0.1, 0.15) is 49.9 Å². The molecule has 8 nitrogen and oxygen atoms in total. The molecule has 1 atom stereocenters. The number of nitrogens with one attached hydrogen (secondary N) is 1. The van der Waals surface area contributed by atoms with Crippen LogP contribution < -0.4 is 15.1 Å². The minimum absolute atomic E-state index is 0.0267. The molecule has 32 heavy (non-hydrogen) atoms. The molecule has 0 bridgehead atoms. The van der Waals surface area contributed by atoms with Crippen LogP contribution in [0.4, 0.5) is 11.4 Å². The molecule has 8 heteroatoms. The van der Waals surface area contributed by atoms with Crippen LogP contribution in [0.15, 0.2) is 18.2 Å². The maximum absolute atomic E-state index is 13.4. The summed E-state index contributed by atoms with van der Waals surface area (Å²) in [6, 6.07) is 5.26. The molecule has 0 aliphatic carbocycles. The van der Waals surface area contributed by atoms with Crippen LogP contribution in [-0.4, -0.2) is 86.9 Å². The van der Waals surface area contributed by atoms with Crippen LogP contribution in [0.25, 0.3) is 0 Å². The summed E-state index contributed by atoms with van der Waals surface area (Å²) in [6.07, 6.45) is 3.70. The number of benzene rings is 1. The first-order valence-electron chi connectivity index (χ1n) is 11.8. The molecule has 3 rings (SSSR count). The predicted molar refractivity (Wildman–Crippen MR) is 127 cm³/mol. The number of hydrogen-bond acceptors (Lipinski definition) is 5. The number of hydrogen-bond donors (Lipinski definition) is 1. The van der Waals surface area contributed by atoms with Crippen molar-refractivity contribution in [2.75, 3.05) is 63.2 Å². The van der Waals surface area contributed by atoms with E-state index in [1.807, 2.05) is 12.1 Å². The Kier molecular flexibility index (Phi) is 8.12. The summed E-state index contributed by atoms with van der Waals surface area (Å²) in [6.45, 7) is 8.56. The van der Waals surface area contributed by atoms with E-state index in [4.69, 9.17) is 0 Å². The van der Waals surface area contributed by atoms with E-state index in [2.05, 4.69) is 29.0 Å². The Bertz CT molecular complexity index is 837. The van der Waals surface area contributed by atoms with E-state index in [0.717, 1.165) is 57.5 Å². The molecule has 176 valence electrons. The molecule has 1 aromatic rings. The van der Waals surface area contributed by atoms with Crippen molar-refractivity contribution in [3.05, 3.63) is 23.8 Å². The van der Waals surface area contributed by atoms with Crippen molar-refractivity contribution >= 4 is 29.1 Å². The lowest BCUT2D eigenvalue weighted by molar-refractivity contribution is -0.125. The van der Waals surface area contributed by atoms with Gasteiger partial charge in [-0.2, -0.15) is 0 Å². The third kappa shape index (κ3) is 5.23. The standard InChI is InChI=1S/C24H37N5O3/c1-5-27(6-2)14-9-13-25-22(30)17-29-21-16-18(23(31)26(3)4)11-12-19(21)28-15-8-7-10-20(28)24(29)32/h11-12,16,20H,5-10,13-15,17H2,1-4H3,(H,25,30)/t20-/m0/s1. The van der Waals surface area contributed by atoms with E-state index < -0.39 is 0 Å². The van der Waals surface area contributed by atoms with Gasteiger partial charge in [0.15, 0.2) is 0 Å². The van der Waals surface area contributed by atoms with E-state index >= 15 is 0 Å².